The molecule has 1 heterocycles. The van der Waals surface area contributed by atoms with Crippen molar-refractivity contribution in [3.8, 4) is 0 Å². The third-order valence-corrected chi connectivity index (χ3v) is 2.65. The monoisotopic (exact) mass is 292 g/mol. The Morgan fingerprint density at radius 1 is 1.14 bits per heavy atom. The van der Waals surface area contributed by atoms with Gasteiger partial charge in [-0.3, -0.25) is 4.79 Å². The Kier molecular flexibility index (Phi) is 4.76. The second-order valence-corrected chi connectivity index (χ2v) is 4.28. The van der Waals surface area contributed by atoms with Gasteiger partial charge in [-0.2, -0.15) is 0 Å². The lowest BCUT2D eigenvalue weighted by molar-refractivity contribution is 0.102. The molecule has 21 heavy (non-hydrogen) atoms. The van der Waals surface area contributed by atoms with E-state index in [1.165, 1.54) is 12.1 Å². The number of hydrogen-bond donors (Lipinski definition) is 2. The van der Waals surface area contributed by atoms with Gasteiger partial charge in [-0.05, 0) is 30.7 Å². The molecular weight excluding hydrogens is 278 g/mol. The number of hydrogen-bond acceptors (Lipinski definition) is 4. The SMILES string of the molecule is CCCNc1ccc(C(=O)Nc2c(F)cccc2F)nn1. The fourth-order valence-electron chi connectivity index (χ4n) is 1.60. The highest BCUT2D eigenvalue weighted by atomic mass is 19.1. The lowest BCUT2D eigenvalue weighted by Gasteiger charge is -2.07. The molecule has 0 atom stereocenters. The predicted molar refractivity (Wildman–Crippen MR) is 75.1 cm³/mol. The highest BCUT2D eigenvalue weighted by molar-refractivity contribution is 6.02. The van der Waals surface area contributed by atoms with E-state index >= 15 is 0 Å². The molecular formula is C14H14F2N4O. The molecule has 0 unspecified atom stereocenters. The van der Waals surface area contributed by atoms with E-state index in [4.69, 9.17) is 0 Å². The molecule has 2 N–H and O–H groups in total. The zero-order valence-corrected chi connectivity index (χ0v) is 11.4. The zero-order valence-electron chi connectivity index (χ0n) is 11.4. The summed E-state index contributed by atoms with van der Waals surface area (Å²) in [4.78, 5) is 11.9. The van der Waals surface area contributed by atoms with Crippen molar-refractivity contribution in [1.82, 2.24) is 10.2 Å². The van der Waals surface area contributed by atoms with Crippen molar-refractivity contribution >= 4 is 17.4 Å². The average Bonchev–Trinajstić information content (AvgIpc) is 2.49. The minimum atomic E-state index is -0.849. The van der Waals surface area contributed by atoms with E-state index < -0.39 is 23.2 Å². The number of amides is 1. The van der Waals surface area contributed by atoms with E-state index in [9.17, 15) is 13.6 Å². The molecule has 1 aromatic carbocycles. The first kappa shape index (κ1) is 14.8. The number of benzene rings is 1. The van der Waals surface area contributed by atoms with Gasteiger partial charge in [-0.15, -0.1) is 10.2 Å². The zero-order chi connectivity index (χ0) is 15.2. The van der Waals surface area contributed by atoms with E-state index in [-0.39, 0.29) is 5.69 Å². The maximum Gasteiger partial charge on any atom is 0.276 e. The molecule has 0 bridgehead atoms. The second kappa shape index (κ2) is 6.74. The average molecular weight is 292 g/mol. The van der Waals surface area contributed by atoms with Crippen LogP contribution in [0.1, 0.15) is 23.8 Å². The summed E-state index contributed by atoms with van der Waals surface area (Å²) in [6.07, 6.45) is 0.927. The molecule has 7 heteroatoms. The van der Waals surface area contributed by atoms with Gasteiger partial charge in [0.15, 0.2) is 5.69 Å². The molecule has 110 valence electrons. The first-order chi connectivity index (χ1) is 10.1. The molecule has 5 nitrogen and oxygen atoms in total. The number of halogens is 2. The van der Waals surface area contributed by atoms with Gasteiger partial charge in [0, 0.05) is 6.54 Å². The van der Waals surface area contributed by atoms with Gasteiger partial charge >= 0.3 is 0 Å². The largest absolute Gasteiger partial charge is 0.369 e. The van der Waals surface area contributed by atoms with Crippen LogP contribution in [0.15, 0.2) is 30.3 Å². The topological polar surface area (TPSA) is 66.9 Å². The molecule has 0 saturated heterocycles. The number of anilines is 2. The molecule has 0 fully saturated rings. The number of rotatable bonds is 5. The Balaban J connectivity index is 2.10. The van der Waals surface area contributed by atoms with Gasteiger partial charge in [0.05, 0.1) is 0 Å². The van der Waals surface area contributed by atoms with Crippen LogP contribution in [-0.4, -0.2) is 22.6 Å². The maximum atomic E-state index is 13.4. The first-order valence-electron chi connectivity index (χ1n) is 6.44. The summed E-state index contributed by atoms with van der Waals surface area (Å²) in [5, 5.41) is 12.7. The summed E-state index contributed by atoms with van der Waals surface area (Å²) in [5.74, 6) is -1.89. The molecule has 0 aliphatic rings. The van der Waals surface area contributed by atoms with Crippen LogP contribution in [-0.2, 0) is 0 Å². The van der Waals surface area contributed by atoms with Crippen molar-refractivity contribution in [2.45, 2.75) is 13.3 Å². The van der Waals surface area contributed by atoms with Crippen molar-refractivity contribution in [3.63, 3.8) is 0 Å². The lowest BCUT2D eigenvalue weighted by Crippen LogP contribution is -2.16. The summed E-state index contributed by atoms with van der Waals surface area (Å²) in [6.45, 7) is 2.74. The number of carbonyl (C=O) groups excluding carboxylic acids is 1. The molecule has 0 spiro atoms. The third-order valence-electron chi connectivity index (χ3n) is 2.65. The van der Waals surface area contributed by atoms with E-state index in [1.54, 1.807) is 6.07 Å². The quantitative estimate of drug-likeness (QED) is 0.889. The van der Waals surface area contributed by atoms with Crippen LogP contribution in [0.4, 0.5) is 20.3 Å². The minimum Gasteiger partial charge on any atom is -0.369 e. The second-order valence-electron chi connectivity index (χ2n) is 4.28. The predicted octanol–water partition coefficient (Wildman–Crippen LogP) is 2.83. The maximum absolute atomic E-state index is 13.4. The number of nitrogens with one attached hydrogen (secondary N) is 2. The van der Waals surface area contributed by atoms with Crippen molar-refractivity contribution in [3.05, 3.63) is 47.7 Å². The smallest absolute Gasteiger partial charge is 0.276 e. The van der Waals surface area contributed by atoms with Crippen molar-refractivity contribution < 1.29 is 13.6 Å². The molecule has 0 aliphatic heterocycles. The Morgan fingerprint density at radius 3 is 2.43 bits per heavy atom. The van der Waals surface area contributed by atoms with Gasteiger partial charge in [-0.1, -0.05) is 13.0 Å². The van der Waals surface area contributed by atoms with Crippen LogP contribution in [0.25, 0.3) is 0 Å². The van der Waals surface area contributed by atoms with Gasteiger partial charge in [0.25, 0.3) is 5.91 Å². The summed E-state index contributed by atoms with van der Waals surface area (Å²) in [5.41, 5.74) is -0.530. The summed E-state index contributed by atoms with van der Waals surface area (Å²) >= 11 is 0. The van der Waals surface area contributed by atoms with Crippen molar-refractivity contribution in [1.29, 1.82) is 0 Å². The fourth-order valence-corrected chi connectivity index (χ4v) is 1.60. The number of nitrogens with zero attached hydrogens (tertiary/aromatic N) is 2. The van der Waals surface area contributed by atoms with Gasteiger partial charge in [0.1, 0.15) is 23.1 Å². The molecule has 2 aromatic rings. The molecule has 0 saturated carbocycles. The molecule has 2 rings (SSSR count). The van der Waals surface area contributed by atoms with Crippen LogP contribution in [0.3, 0.4) is 0 Å². The van der Waals surface area contributed by atoms with Crippen LogP contribution < -0.4 is 10.6 Å². The Morgan fingerprint density at radius 2 is 1.86 bits per heavy atom. The van der Waals surface area contributed by atoms with E-state index in [2.05, 4.69) is 20.8 Å². The van der Waals surface area contributed by atoms with E-state index in [0.717, 1.165) is 25.1 Å². The molecule has 1 aromatic heterocycles. The number of carbonyl (C=O) groups is 1. The summed E-state index contributed by atoms with van der Waals surface area (Å²) in [7, 11) is 0. The van der Waals surface area contributed by atoms with E-state index in [0.29, 0.717) is 5.82 Å². The van der Waals surface area contributed by atoms with Crippen molar-refractivity contribution in [2.24, 2.45) is 0 Å². The van der Waals surface area contributed by atoms with Gasteiger partial charge < -0.3 is 10.6 Å². The summed E-state index contributed by atoms with van der Waals surface area (Å²) in [6, 6.07) is 6.34. The number of aromatic nitrogens is 2. The first-order valence-corrected chi connectivity index (χ1v) is 6.44. The Bertz CT molecular complexity index is 611. The van der Waals surface area contributed by atoms with Crippen LogP contribution in [0.5, 0.6) is 0 Å². The standard InChI is InChI=1S/C14H14F2N4O/c1-2-8-17-12-7-6-11(19-20-12)14(21)18-13-9(15)4-3-5-10(13)16/h3-7H,2,8H2,1H3,(H,17,20)(H,18,21). The Hall–Kier alpha value is -2.57. The van der Waals surface area contributed by atoms with Crippen LogP contribution in [0.2, 0.25) is 0 Å². The van der Waals surface area contributed by atoms with Gasteiger partial charge in [0.2, 0.25) is 0 Å². The molecule has 0 radical (unpaired) electrons. The lowest BCUT2D eigenvalue weighted by atomic mass is 10.2. The molecule has 1 amide bonds. The fraction of sp³-hybridized carbons (Fsp3) is 0.214. The molecule has 0 aliphatic carbocycles. The van der Waals surface area contributed by atoms with E-state index in [1.807, 2.05) is 6.92 Å². The van der Waals surface area contributed by atoms with Gasteiger partial charge in [-0.25, -0.2) is 8.78 Å². The third kappa shape index (κ3) is 3.71. The van der Waals surface area contributed by atoms with Crippen molar-refractivity contribution in [2.75, 3.05) is 17.2 Å². The number of para-hydroxylation sites is 1. The van der Waals surface area contributed by atoms with Crippen LogP contribution >= 0.6 is 0 Å². The normalized spacial score (nSPS) is 10.2. The summed E-state index contributed by atoms with van der Waals surface area (Å²) < 4.78 is 26.9. The minimum absolute atomic E-state index is 0.0281. The van der Waals surface area contributed by atoms with Crippen LogP contribution in [0, 0.1) is 11.6 Å². The Labute approximate surface area is 120 Å². The highest BCUT2D eigenvalue weighted by Crippen LogP contribution is 2.18. The highest BCUT2D eigenvalue weighted by Gasteiger charge is 2.14.